The van der Waals surface area contributed by atoms with Gasteiger partial charge in [-0.15, -0.1) is 11.8 Å². The average molecular weight is 335 g/mol. The lowest BCUT2D eigenvalue weighted by molar-refractivity contribution is -0.118. The highest BCUT2D eigenvalue weighted by atomic mass is 35.5. The van der Waals surface area contributed by atoms with Crippen LogP contribution in [0, 0.1) is 0 Å². The van der Waals surface area contributed by atoms with E-state index in [4.69, 9.17) is 17.3 Å². The highest BCUT2D eigenvalue weighted by molar-refractivity contribution is 8.00. The molecule has 0 aliphatic heterocycles. The van der Waals surface area contributed by atoms with Crippen LogP contribution in [0.2, 0.25) is 5.02 Å². The lowest BCUT2D eigenvalue weighted by Crippen LogP contribution is -2.24. The van der Waals surface area contributed by atoms with Crippen LogP contribution in [0.25, 0.3) is 0 Å². The summed E-state index contributed by atoms with van der Waals surface area (Å²) in [5.74, 6) is -0.309. The molecule has 2 aromatic carbocycles. The van der Waals surface area contributed by atoms with Crippen molar-refractivity contribution in [3.05, 3.63) is 64.7 Å². The average Bonchev–Trinajstić information content (AvgIpc) is 2.52. The largest absolute Gasteiger partial charge is 0.366 e. The minimum atomic E-state index is -0.484. The molecule has 2 amide bonds. The first-order chi connectivity index (χ1) is 10.6. The molecule has 0 bridgehead atoms. The van der Waals surface area contributed by atoms with Crippen molar-refractivity contribution in [2.75, 3.05) is 5.75 Å². The van der Waals surface area contributed by atoms with E-state index in [1.165, 1.54) is 11.8 Å². The summed E-state index contributed by atoms with van der Waals surface area (Å²) in [5, 5.41) is 3.43. The van der Waals surface area contributed by atoms with Gasteiger partial charge in [0.1, 0.15) is 0 Å². The van der Waals surface area contributed by atoms with Crippen LogP contribution >= 0.6 is 23.4 Å². The van der Waals surface area contributed by atoms with Gasteiger partial charge < -0.3 is 11.1 Å². The molecule has 0 aliphatic rings. The van der Waals surface area contributed by atoms with Gasteiger partial charge in [0.2, 0.25) is 11.8 Å². The van der Waals surface area contributed by atoms with E-state index in [0.29, 0.717) is 17.1 Å². The molecule has 2 rings (SSSR count). The van der Waals surface area contributed by atoms with Gasteiger partial charge in [-0.2, -0.15) is 0 Å². The Morgan fingerprint density at radius 2 is 1.91 bits per heavy atom. The van der Waals surface area contributed by atoms with E-state index in [2.05, 4.69) is 5.32 Å². The van der Waals surface area contributed by atoms with Crippen LogP contribution in [0.1, 0.15) is 15.9 Å². The fraction of sp³-hybridized carbons (Fsp3) is 0.125. The first-order valence-corrected chi connectivity index (χ1v) is 7.95. The fourth-order valence-corrected chi connectivity index (χ4v) is 2.86. The summed E-state index contributed by atoms with van der Waals surface area (Å²) < 4.78 is 0. The van der Waals surface area contributed by atoms with Crippen LogP contribution < -0.4 is 11.1 Å². The number of rotatable bonds is 6. The molecule has 0 fully saturated rings. The van der Waals surface area contributed by atoms with E-state index in [-0.39, 0.29) is 11.7 Å². The monoisotopic (exact) mass is 334 g/mol. The second-order valence-electron chi connectivity index (χ2n) is 4.56. The first kappa shape index (κ1) is 16.4. The van der Waals surface area contributed by atoms with E-state index in [0.717, 1.165) is 10.5 Å². The van der Waals surface area contributed by atoms with Gasteiger partial charge in [-0.25, -0.2) is 0 Å². The maximum absolute atomic E-state index is 11.9. The molecule has 0 aliphatic carbocycles. The Kier molecular flexibility index (Phi) is 5.86. The lowest BCUT2D eigenvalue weighted by atomic mass is 10.1. The SMILES string of the molecule is NC(=O)c1cccc(CNC(=O)CSc2ccccc2Cl)c1. The molecule has 3 N–H and O–H groups in total. The summed E-state index contributed by atoms with van der Waals surface area (Å²) in [6.45, 7) is 0.350. The van der Waals surface area contributed by atoms with E-state index in [9.17, 15) is 9.59 Å². The zero-order chi connectivity index (χ0) is 15.9. The lowest BCUT2D eigenvalue weighted by Gasteiger charge is -2.07. The Balaban J connectivity index is 1.84. The van der Waals surface area contributed by atoms with E-state index >= 15 is 0 Å². The number of hydrogen-bond donors (Lipinski definition) is 2. The van der Waals surface area contributed by atoms with Crippen molar-refractivity contribution in [1.29, 1.82) is 0 Å². The molecule has 114 valence electrons. The van der Waals surface area contributed by atoms with Crippen molar-refractivity contribution in [2.45, 2.75) is 11.4 Å². The third-order valence-corrected chi connectivity index (χ3v) is 4.41. The normalized spacial score (nSPS) is 10.2. The predicted octanol–water partition coefficient (Wildman–Crippen LogP) is 2.85. The van der Waals surface area contributed by atoms with Gasteiger partial charge in [0.05, 0.1) is 10.8 Å². The highest BCUT2D eigenvalue weighted by Crippen LogP contribution is 2.26. The number of carbonyl (C=O) groups excluding carboxylic acids is 2. The summed E-state index contributed by atoms with van der Waals surface area (Å²) in [6, 6.07) is 14.3. The third-order valence-electron chi connectivity index (χ3n) is 2.90. The molecule has 0 atom stereocenters. The van der Waals surface area contributed by atoms with E-state index < -0.39 is 5.91 Å². The Morgan fingerprint density at radius 3 is 2.64 bits per heavy atom. The second kappa shape index (κ2) is 7.87. The highest BCUT2D eigenvalue weighted by Gasteiger charge is 2.06. The minimum Gasteiger partial charge on any atom is -0.366 e. The van der Waals surface area contributed by atoms with Gasteiger partial charge in [0, 0.05) is 17.0 Å². The van der Waals surface area contributed by atoms with Crippen molar-refractivity contribution in [3.63, 3.8) is 0 Å². The Morgan fingerprint density at radius 1 is 1.14 bits per heavy atom. The number of amides is 2. The van der Waals surface area contributed by atoms with Crippen LogP contribution in [0.15, 0.2) is 53.4 Å². The molecule has 0 heterocycles. The molecule has 0 saturated carbocycles. The number of hydrogen-bond acceptors (Lipinski definition) is 3. The minimum absolute atomic E-state index is 0.102. The Bertz CT molecular complexity index is 691. The van der Waals surface area contributed by atoms with E-state index in [1.807, 2.05) is 24.3 Å². The molecule has 0 aromatic heterocycles. The van der Waals surface area contributed by atoms with Gasteiger partial charge in [0.25, 0.3) is 0 Å². The number of primary amides is 1. The quantitative estimate of drug-likeness (QED) is 0.798. The summed E-state index contributed by atoms with van der Waals surface area (Å²) >= 11 is 7.41. The van der Waals surface area contributed by atoms with Crippen molar-refractivity contribution in [2.24, 2.45) is 5.73 Å². The van der Waals surface area contributed by atoms with Crippen molar-refractivity contribution >= 4 is 35.2 Å². The number of nitrogens with one attached hydrogen (secondary N) is 1. The maximum atomic E-state index is 11.9. The van der Waals surface area contributed by atoms with Gasteiger partial charge >= 0.3 is 0 Å². The standard InChI is InChI=1S/C16H15ClN2O2S/c17-13-6-1-2-7-14(13)22-10-15(20)19-9-11-4-3-5-12(8-11)16(18)21/h1-8H,9-10H2,(H2,18,21)(H,19,20). The van der Waals surface area contributed by atoms with Gasteiger partial charge in [0.15, 0.2) is 0 Å². The summed E-state index contributed by atoms with van der Waals surface area (Å²) in [5.41, 5.74) is 6.48. The molecule has 0 spiro atoms. The van der Waals surface area contributed by atoms with Crippen molar-refractivity contribution < 1.29 is 9.59 Å². The van der Waals surface area contributed by atoms with Gasteiger partial charge in [-0.1, -0.05) is 35.9 Å². The second-order valence-corrected chi connectivity index (χ2v) is 5.98. The zero-order valence-electron chi connectivity index (χ0n) is 11.7. The number of thioether (sulfide) groups is 1. The van der Waals surface area contributed by atoms with Crippen LogP contribution in [0.5, 0.6) is 0 Å². The molecule has 0 saturated heterocycles. The Labute approximate surface area is 138 Å². The van der Waals surface area contributed by atoms with Crippen LogP contribution in [0.3, 0.4) is 0 Å². The first-order valence-electron chi connectivity index (χ1n) is 6.59. The number of nitrogens with two attached hydrogens (primary N) is 1. The molecule has 0 unspecified atom stereocenters. The smallest absolute Gasteiger partial charge is 0.248 e. The topological polar surface area (TPSA) is 72.2 Å². The molecule has 4 nitrogen and oxygen atoms in total. The zero-order valence-corrected chi connectivity index (χ0v) is 13.3. The van der Waals surface area contributed by atoms with Gasteiger partial charge in [-0.05, 0) is 29.8 Å². The third kappa shape index (κ3) is 4.79. The van der Waals surface area contributed by atoms with Crippen LogP contribution in [-0.4, -0.2) is 17.6 Å². The van der Waals surface area contributed by atoms with Gasteiger partial charge in [-0.3, -0.25) is 9.59 Å². The molecular formula is C16H15ClN2O2S. The molecule has 22 heavy (non-hydrogen) atoms. The molecular weight excluding hydrogens is 320 g/mol. The van der Waals surface area contributed by atoms with Crippen LogP contribution in [0.4, 0.5) is 0 Å². The number of halogens is 1. The predicted molar refractivity (Wildman–Crippen MR) is 89.0 cm³/mol. The summed E-state index contributed by atoms with van der Waals surface area (Å²) in [4.78, 5) is 23.8. The molecule has 0 radical (unpaired) electrons. The number of benzene rings is 2. The number of carbonyl (C=O) groups is 2. The maximum Gasteiger partial charge on any atom is 0.248 e. The fourth-order valence-electron chi connectivity index (χ4n) is 1.79. The molecule has 6 heteroatoms. The van der Waals surface area contributed by atoms with Crippen molar-refractivity contribution in [1.82, 2.24) is 5.32 Å². The Hall–Kier alpha value is -1.98. The van der Waals surface area contributed by atoms with Crippen LogP contribution in [-0.2, 0) is 11.3 Å². The van der Waals surface area contributed by atoms with E-state index in [1.54, 1.807) is 24.3 Å². The summed E-state index contributed by atoms with van der Waals surface area (Å²) in [7, 11) is 0. The summed E-state index contributed by atoms with van der Waals surface area (Å²) in [6.07, 6.45) is 0. The molecule has 2 aromatic rings. The van der Waals surface area contributed by atoms with Crippen molar-refractivity contribution in [3.8, 4) is 0 Å².